The molecule has 1 fully saturated rings. The minimum absolute atomic E-state index is 0.108. The van der Waals surface area contributed by atoms with Gasteiger partial charge < -0.3 is 5.32 Å². The summed E-state index contributed by atoms with van der Waals surface area (Å²) in [7, 11) is 0. The summed E-state index contributed by atoms with van der Waals surface area (Å²) in [6.45, 7) is 1.87. The van der Waals surface area contributed by atoms with Gasteiger partial charge in [0.05, 0.1) is 0 Å². The van der Waals surface area contributed by atoms with Gasteiger partial charge in [0, 0.05) is 12.6 Å². The highest BCUT2D eigenvalue weighted by Gasteiger charge is 2.18. The molecule has 1 nitrogen and oxygen atoms in total. The second kappa shape index (κ2) is 4.23. The largest absolute Gasteiger partial charge is 0.306 e. The minimum Gasteiger partial charge on any atom is -0.306 e. The van der Waals surface area contributed by atoms with Gasteiger partial charge in [-0.2, -0.15) is 0 Å². The van der Waals surface area contributed by atoms with Gasteiger partial charge >= 0.3 is 0 Å². The Kier molecular flexibility index (Phi) is 2.95. The summed E-state index contributed by atoms with van der Waals surface area (Å²) in [5.74, 6) is -3.66. The Labute approximate surface area is 86.3 Å². The Bertz CT molecular complexity index is 336. The van der Waals surface area contributed by atoms with Gasteiger partial charge in [-0.05, 0) is 37.0 Å². The van der Waals surface area contributed by atoms with Crippen molar-refractivity contribution in [3.05, 3.63) is 41.7 Å². The van der Waals surface area contributed by atoms with Crippen LogP contribution in [0, 0.1) is 24.0 Å². The van der Waals surface area contributed by atoms with E-state index in [-0.39, 0.29) is 6.04 Å². The van der Waals surface area contributed by atoms with Gasteiger partial charge in [0.1, 0.15) is 0 Å². The third-order valence-corrected chi connectivity index (χ3v) is 2.57. The van der Waals surface area contributed by atoms with Crippen molar-refractivity contribution in [3.8, 4) is 0 Å². The average molecular weight is 214 g/mol. The van der Waals surface area contributed by atoms with Crippen LogP contribution in [-0.2, 0) is 0 Å². The second-order valence-electron chi connectivity index (χ2n) is 3.65. The number of piperidine rings is 1. The van der Waals surface area contributed by atoms with Crippen LogP contribution < -0.4 is 5.32 Å². The lowest BCUT2D eigenvalue weighted by molar-refractivity contribution is 0.426. The molecule has 0 aliphatic carbocycles. The van der Waals surface area contributed by atoms with E-state index >= 15 is 0 Å². The maximum absolute atomic E-state index is 12.9. The molecule has 81 valence electrons. The Balaban J connectivity index is 2.27. The van der Waals surface area contributed by atoms with E-state index in [2.05, 4.69) is 5.32 Å². The predicted octanol–water partition coefficient (Wildman–Crippen LogP) is 3.08. The highest BCUT2D eigenvalue weighted by molar-refractivity contribution is 5.23. The molecule has 1 N–H and O–H groups in total. The lowest BCUT2D eigenvalue weighted by Gasteiger charge is -2.23. The predicted molar refractivity (Wildman–Crippen MR) is 50.3 cm³/mol. The van der Waals surface area contributed by atoms with Crippen LogP contribution in [0.5, 0.6) is 0 Å². The summed E-state index contributed by atoms with van der Waals surface area (Å²) in [6, 6.07) is 1.99. The van der Waals surface area contributed by atoms with Crippen molar-refractivity contribution in [2.24, 2.45) is 0 Å². The van der Waals surface area contributed by atoms with Crippen LogP contribution in [0.3, 0.4) is 0 Å². The number of hydrogen-bond donors (Lipinski definition) is 1. The van der Waals surface area contributed by atoms with E-state index in [1.54, 1.807) is 0 Å². The molecule has 4 heteroatoms. The lowest BCUT2D eigenvalue weighted by Crippen LogP contribution is -2.23. The standard InChI is InChI=1S/C11H11F3N/c12-8-5-7(6-9(13)11(8)14)10-3-1-2-4-15-10/h4-6,10,15H,1-3H2/t10-/m1/s1. The molecule has 0 aromatic heterocycles. The monoisotopic (exact) mass is 214 g/mol. The fraction of sp³-hybridized carbons (Fsp3) is 0.364. The molecular weight excluding hydrogens is 203 g/mol. The molecule has 1 aliphatic rings. The molecule has 1 aliphatic heterocycles. The molecule has 1 saturated heterocycles. The van der Waals surface area contributed by atoms with Crippen molar-refractivity contribution in [1.29, 1.82) is 0 Å². The van der Waals surface area contributed by atoms with Crippen molar-refractivity contribution in [1.82, 2.24) is 5.32 Å². The van der Waals surface area contributed by atoms with Gasteiger partial charge in [-0.3, -0.25) is 0 Å². The minimum atomic E-state index is -1.40. The van der Waals surface area contributed by atoms with Gasteiger partial charge in [0.15, 0.2) is 17.5 Å². The Hall–Kier alpha value is -1.03. The summed E-state index contributed by atoms with van der Waals surface area (Å²) in [5.41, 5.74) is 0.461. The van der Waals surface area contributed by atoms with E-state index in [9.17, 15) is 13.2 Å². The molecule has 1 atom stereocenters. The first kappa shape index (κ1) is 10.5. The van der Waals surface area contributed by atoms with Crippen LogP contribution in [0.2, 0.25) is 0 Å². The van der Waals surface area contributed by atoms with Crippen LogP contribution in [0.15, 0.2) is 12.1 Å². The van der Waals surface area contributed by atoms with Gasteiger partial charge in [-0.25, -0.2) is 13.2 Å². The zero-order valence-corrected chi connectivity index (χ0v) is 8.06. The molecule has 1 aromatic carbocycles. The maximum atomic E-state index is 12.9. The van der Waals surface area contributed by atoms with Gasteiger partial charge in [0.2, 0.25) is 0 Å². The number of nitrogens with one attached hydrogen (secondary N) is 1. The first-order chi connectivity index (χ1) is 7.18. The smallest absolute Gasteiger partial charge is 0.194 e. The SMILES string of the molecule is Fc1cc([C@H]2CCC[CH]N2)cc(F)c1F. The first-order valence-electron chi connectivity index (χ1n) is 4.90. The first-order valence-corrected chi connectivity index (χ1v) is 4.90. The van der Waals surface area contributed by atoms with Crippen LogP contribution in [0.25, 0.3) is 0 Å². The van der Waals surface area contributed by atoms with Gasteiger partial charge in [0.25, 0.3) is 0 Å². The van der Waals surface area contributed by atoms with Gasteiger partial charge in [-0.1, -0.05) is 0 Å². The number of rotatable bonds is 1. The van der Waals surface area contributed by atoms with E-state index in [1.807, 2.05) is 6.54 Å². The highest BCUT2D eigenvalue weighted by atomic mass is 19.2. The van der Waals surface area contributed by atoms with E-state index in [1.165, 1.54) is 0 Å². The average Bonchev–Trinajstić information content (AvgIpc) is 2.26. The van der Waals surface area contributed by atoms with Gasteiger partial charge in [-0.15, -0.1) is 0 Å². The molecule has 0 bridgehead atoms. The Morgan fingerprint density at radius 3 is 2.33 bits per heavy atom. The van der Waals surface area contributed by atoms with Crippen LogP contribution in [-0.4, -0.2) is 0 Å². The lowest BCUT2D eigenvalue weighted by atomic mass is 9.97. The summed E-state index contributed by atoms with van der Waals surface area (Å²) in [5, 5.41) is 3.03. The third kappa shape index (κ3) is 2.15. The van der Waals surface area contributed by atoms with Crippen molar-refractivity contribution in [3.63, 3.8) is 0 Å². The summed E-state index contributed by atoms with van der Waals surface area (Å²) in [6.07, 6.45) is 2.72. The van der Waals surface area contributed by atoms with E-state index in [0.717, 1.165) is 31.4 Å². The molecule has 0 amide bonds. The van der Waals surface area contributed by atoms with Crippen molar-refractivity contribution < 1.29 is 13.2 Å². The Morgan fingerprint density at radius 2 is 1.80 bits per heavy atom. The number of halogens is 3. The van der Waals surface area contributed by atoms with Crippen LogP contribution in [0.4, 0.5) is 13.2 Å². The second-order valence-corrected chi connectivity index (χ2v) is 3.65. The molecular formula is C11H11F3N. The molecule has 2 rings (SSSR count). The zero-order chi connectivity index (χ0) is 10.8. The molecule has 15 heavy (non-hydrogen) atoms. The molecule has 0 saturated carbocycles. The molecule has 1 heterocycles. The van der Waals surface area contributed by atoms with E-state index in [0.29, 0.717) is 5.56 Å². The molecule has 1 radical (unpaired) electrons. The van der Waals surface area contributed by atoms with Crippen molar-refractivity contribution in [2.75, 3.05) is 0 Å². The fourth-order valence-corrected chi connectivity index (χ4v) is 1.77. The number of hydrogen-bond acceptors (Lipinski definition) is 1. The van der Waals surface area contributed by atoms with Crippen molar-refractivity contribution in [2.45, 2.75) is 25.3 Å². The molecule has 0 unspecified atom stereocenters. The zero-order valence-electron chi connectivity index (χ0n) is 8.06. The molecule has 1 aromatic rings. The highest BCUT2D eigenvalue weighted by Crippen LogP contribution is 2.26. The fourth-order valence-electron chi connectivity index (χ4n) is 1.77. The summed E-state index contributed by atoms with van der Waals surface area (Å²) < 4.78 is 38.6. The number of benzene rings is 1. The van der Waals surface area contributed by atoms with E-state index in [4.69, 9.17) is 0 Å². The quantitative estimate of drug-likeness (QED) is 0.708. The Morgan fingerprint density at radius 1 is 1.13 bits per heavy atom. The normalized spacial score (nSPS) is 21.7. The summed E-state index contributed by atoms with van der Waals surface area (Å²) in [4.78, 5) is 0. The van der Waals surface area contributed by atoms with Crippen molar-refractivity contribution >= 4 is 0 Å². The topological polar surface area (TPSA) is 12.0 Å². The third-order valence-electron chi connectivity index (χ3n) is 2.57. The summed E-state index contributed by atoms with van der Waals surface area (Å²) >= 11 is 0. The van der Waals surface area contributed by atoms with E-state index < -0.39 is 17.5 Å². The maximum Gasteiger partial charge on any atom is 0.194 e. The molecule has 0 spiro atoms. The van der Waals surface area contributed by atoms with Crippen LogP contribution >= 0.6 is 0 Å². The van der Waals surface area contributed by atoms with Crippen LogP contribution in [0.1, 0.15) is 30.9 Å².